The summed E-state index contributed by atoms with van der Waals surface area (Å²) in [5, 5.41) is 2.85. The smallest absolute Gasteiger partial charge is 0.255 e. The van der Waals surface area contributed by atoms with Crippen LogP contribution in [0.25, 0.3) is 0 Å². The predicted molar refractivity (Wildman–Crippen MR) is 111 cm³/mol. The van der Waals surface area contributed by atoms with Crippen LogP contribution in [0, 0.1) is 11.3 Å². The molecule has 2 aromatic rings. The molecule has 1 aliphatic heterocycles. The van der Waals surface area contributed by atoms with Gasteiger partial charge in [-0.25, -0.2) is 0 Å². The third-order valence-electron chi connectivity index (χ3n) is 5.38. The Morgan fingerprint density at radius 3 is 2.29 bits per heavy atom. The second-order valence-corrected chi connectivity index (χ2v) is 8.75. The summed E-state index contributed by atoms with van der Waals surface area (Å²) in [5.41, 5.74) is 2.11. The molecular weight excluding hydrogens is 350 g/mol. The number of benzene rings is 1. The standard InChI is InChI=1S/C23H29N3O2/c1-16-13-23(3,4)14-17(2)26(15-16)22(28)19-5-7-20(8-6-19)25-21(27)18-9-11-24-12-10-18/h5-12,16-17H,13-15H2,1-4H3,(H,25,27). The first-order valence-corrected chi connectivity index (χ1v) is 9.87. The van der Waals surface area contributed by atoms with Crippen molar-refractivity contribution >= 4 is 17.5 Å². The third-order valence-corrected chi connectivity index (χ3v) is 5.38. The maximum Gasteiger partial charge on any atom is 0.255 e. The minimum atomic E-state index is -0.196. The molecule has 28 heavy (non-hydrogen) atoms. The van der Waals surface area contributed by atoms with Crippen LogP contribution in [0.15, 0.2) is 48.8 Å². The highest BCUT2D eigenvalue weighted by molar-refractivity contribution is 6.04. The number of amides is 2. The first-order valence-electron chi connectivity index (χ1n) is 9.87. The van der Waals surface area contributed by atoms with Gasteiger partial charge in [0.2, 0.25) is 0 Å². The maximum absolute atomic E-state index is 13.1. The van der Waals surface area contributed by atoms with Crippen LogP contribution in [0.5, 0.6) is 0 Å². The summed E-state index contributed by atoms with van der Waals surface area (Å²) in [6, 6.07) is 10.7. The Morgan fingerprint density at radius 2 is 1.64 bits per heavy atom. The van der Waals surface area contributed by atoms with Crippen molar-refractivity contribution in [1.29, 1.82) is 0 Å². The van der Waals surface area contributed by atoms with E-state index in [2.05, 4.69) is 38.0 Å². The Morgan fingerprint density at radius 1 is 1.00 bits per heavy atom. The molecule has 2 amide bonds. The first kappa shape index (κ1) is 20.1. The molecule has 1 fully saturated rings. The van der Waals surface area contributed by atoms with Gasteiger partial charge in [0.05, 0.1) is 0 Å². The summed E-state index contributed by atoms with van der Waals surface area (Å²) in [5.74, 6) is 0.338. The molecule has 5 heteroatoms. The van der Waals surface area contributed by atoms with E-state index < -0.39 is 0 Å². The van der Waals surface area contributed by atoms with E-state index in [4.69, 9.17) is 0 Å². The molecule has 1 aromatic heterocycles. The summed E-state index contributed by atoms with van der Waals surface area (Å²) in [6.45, 7) is 9.71. The minimum absolute atomic E-state index is 0.0593. The van der Waals surface area contributed by atoms with Gasteiger partial charge in [0.15, 0.2) is 0 Å². The zero-order valence-corrected chi connectivity index (χ0v) is 17.1. The van der Waals surface area contributed by atoms with E-state index >= 15 is 0 Å². The SMILES string of the molecule is CC1CN(C(=O)c2ccc(NC(=O)c3ccncc3)cc2)C(C)CC(C)(C)C1. The second-order valence-electron chi connectivity index (χ2n) is 8.75. The molecule has 0 aliphatic carbocycles. The fourth-order valence-corrected chi connectivity index (χ4v) is 4.37. The van der Waals surface area contributed by atoms with Crippen LogP contribution >= 0.6 is 0 Å². The van der Waals surface area contributed by atoms with Gasteiger partial charge in [0, 0.05) is 41.8 Å². The van der Waals surface area contributed by atoms with Crippen LogP contribution in [-0.4, -0.2) is 34.3 Å². The largest absolute Gasteiger partial charge is 0.336 e. The van der Waals surface area contributed by atoms with Crippen molar-refractivity contribution < 1.29 is 9.59 Å². The number of carbonyl (C=O) groups is 2. The Bertz CT molecular complexity index is 831. The number of nitrogens with zero attached hydrogens (tertiary/aromatic N) is 2. The lowest BCUT2D eigenvalue weighted by molar-refractivity contribution is 0.0670. The first-order chi connectivity index (χ1) is 13.2. The summed E-state index contributed by atoms with van der Waals surface area (Å²) >= 11 is 0. The fourth-order valence-electron chi connectivity index (χ4n) is 4.37. The lowest BCUT2D eigenvalue weighted by atomic mass is 9.80. The van der Waals surface area contributed by atoms with E-state index in [9.17, 15) is 9.59 Å². The molecule has 0 radical (unpaired) electrons. The van der Waals surface area contributed by atoms with Gasteiger partial charge in [-0.2, -0.15) is 0 Å². The number of anilines is 1. The topological polar surface area (TPSA) is 62.3 Å². The molecule has 1 saturated heterocycles. The van der Waals surface area contributed by atoms with Gasteiger partial charge in [-0.05, 0) is 67.5 Å². The lowest BCUT2D eigenvalue weighted by Crippen LogP contribution is -2.40. The number of nitrogens with one attached hydrogen (secondary N) is 1. The summed E-state index contributed by atoms with van der Waals surface area (Å²) in [7, 11) is 0. The van der Waals surface area contributed by atoms with E-state index in [1.165, 1.54) is 0 Å². The Balaban J connectivity index is 1.70. The molecule has 5 nitrogen and oxygen atoms in total. The molecule has 0 spiro atoms. The molecule has 0 saturated carbocycles. The highest BCUT2D eigenvalue weighted by Gasteiger charge is 2.34. The van der Waals surface area contributed by atoms with Gasteiger partial charge in [-0.15, -0.1) is 0 Å². The Kier molecular flexibility index (Phi) is 5.82. The highest BCUT2D eigenvalue weighted by atomic mass is 16.2. The number of hydrogen-bond acceptors (Lipinski definition) is 3. The van der Waals surface area contributed by atoms with E-state index in [0.717, 1.165) is 19.4 Å². The van der Waals surface area contributed by atoms with Crippen LogP contribution in [0.4, 0.5) is 5.69 Å². The second kappa shape index (κ2) is 8.13. The zero-order chi connectivity index (χ0) is 20.3. The van der Waals surface area contributed by atoms with Crippen molar-refractivity contribution in [3.63, 3.8) is 0 Å². The van der Waals surface area contributed by atoms with Crippen molar-refractivity contribution in [3.05, 3.63) is 59.9 Å². The molecule has 0 bridgehead atoms. The van der Waals surface area contributed by atoms with Crippen LogP contribution in [0.1, 0.15) is 61.3 Å². The van der Waals surface area contributed by atoms with Crippen LogP contribution < -0.4 is 5.32 Å². The van der Waals surface area contributed by atoms with E-state index in [1.807, 2.05) is 4.90 Å². The van der Waals surface area contributed by atoms with Crippen molar-refractivity contribution in [2.75, 3.05) is 11.9 Å². The van der Waals surface area contributed by atoms with Gasteiger partial charge < -0.3 is 10.2 Å². The van der Waals surface area contributed by atoms with Crippen molar-refractivity contribution in [3.8, 4) is 0 Å². The quantitative estimate of drug-likeness (QED) is 0.846. The molecule has 1 aliphatic rings. The fraction of sp³-hybridized carbons (Fsp3) is 0.435. The third kappa shape index (κ3) is 4.77. The molecular formula is C23H29N3O2. The number of likely N-dealkylation sites (tertiary alicyclic amines) is 1. The molecule has 2 atom stereocenters. The Hall–Kier alpha value is -2.69. The monoisotopic (exact) mass is 379 g/mol. The number of carbonyl (C=O) groups excluding carboxylic acids is 2. The molecule has 3 rings (SSSR count). The van der Waals surface area contributed by atoms with Gasteiger partial charge in [-0.3, -0.25) is 14.6 Å². The van der Waals surface area contributed by atoms with Gasteiger partial charge in [0.1, 0.15) is 0 Å². The molecule has 2 heterocycles. The van der Waals surface area contributed by atoms with Crippen molar-refractivity contribution in [2.24, 2.45) is 11.3 Å². The predicted octanol–water partition coefficient (Wildman–Crippen LogP) is 4.62. The summed E-state index contributed by atoms with van der Waals surface area (Å²) in [4.78, 5) is 31.3. The average molecular weight is 380 g/mol. The van der Waals surface area contributed by atoms with E-state index in [0.29, 0.717) is 22.7 Å². The molecule has 148 valence electrons. The maximum atomic E-state index is 13.1. The number of rotatable bonds is 3. The van der Waals surface area contributed by atoms with Crippen LogP contribution in [0.3, 0.4) is 0 Å². The van der Waals surface area contributed by atoms with Crippen molar-refractivity contribution in [2.45, 2.75) is 46.6 Å². The highest BCUT2D eigenvalue weighted by Crippen LogP contribution is 2.36. The summed E-state index contributed by atoms with van der Waals surface area (Å²) in [6.07, 6.45) is 5.30. The normalized spacial score (nSPS) is 21.6. The van der Waals surface area contributed by atoms with Crippen molar-refractivity contribution in [1.82, 2.24) is 9.88 Å². The number of pyridine rings is 1. The van der Waals surface area contributed by atoms with Crippen LogP contribution in [-0.2, 0) is 0 Å². The van der Waals surface area contributed by atoms with E-state index in [-0.39, 0.29) is 23.3 Å². The Labute approximate surface area is 167 Å². The molecule has 1 aromatic carbocycles. The molecule has 1 N–H and O–H groups in total. The van der Waals surface area contributed by atoms with Crippen LogP contribution in [0.2, 0.25) is 0 Å². The summed E-state index contributed by atoms with van der Waals surface area (Å²) < 4.78 is 0. The molecule has 2 unspecified atom stereocenters. The van der Waals surface area contributed by atoms with Gasteiger partial charge >= 0.3 is 0 Å². The van der Waals surface area contributed by atoms with Gasteiger partial charge in [-0.1, -0.05) is 20.8 Å². The van der Waals surface area contributed by atoms with E-state index in [1.54, 1.807) is 48.8 Å². The number of hydrogen-bond donors (Lipinski definition) is 1. The zero-order valence-electron chi connectivity index (χ0n) is 17.1. The van der Waals surface area contributed by atoms with Gasteiger partial charge in [0.25, 0.3) is 11.8 Å². The average Bonchev–Trinajstić information content (AvgIpc) is 2.76. The number of aromatic nitrogens is 1. The minimum Gasteiger partial charge on any atom is -0.336 e. The lowest BCUT2D eigenvalue weighted by Gasteiger charge is -2.30.